The topological polar surface area (TPSA) is 93.9 Å². The Morgan fingerprint density at radius 3 is 2.83 bits per heavy atom. The molecule has 0 spiro atoms. The van der Waals surface area contributed by atoms with Crippen LogP contribution in [0, 0.1) is 0 Å². The number of nitrogens with one attached hydrogen (secondary N) is 1. The summed E-state index contributed by atoms with van der Waals surface area (Å²) in [5.41, 5.74) is 5.49. The molecule has 0 saturated carbocycles. The molecule has 1 saturated heterocycles. The van der Waals surface area contributed by atoms with Crippen LogP contribution in [0.2, 0.25) is 5.02 Å². The fraction of sp³-hybridized carbons (Fsp3) is 0.500. The van der Waals surface area contributed by atoms with Crippen molar-refractivity contribution in [3.63, 3.8) is 0 Å². The molecule has 2 rings (SSSR count). The van der Waals surface area contributed by atoms with Gasteiger partial charge >= 0.3 is 0 Å². The highest BCUT2D eigenvalue weighted by Gasteiger charge is 2.25. The van der Waals surface area contributed by atoms with Gasteiger partial charge in [-0.15, -0.1) is 0 Å². The molecule has 0 aromatic heterocycles. The molecule has 1 aliphatic heterocycles. The van der Waals surface area contributed by atoms with Crippen LogP contribution in [0.3, 0.4) is 0 Å². The van der Waals surface area contributed by atoms with E-state index in [1.54, 1.807) is 11.0 Å². The minimum atomic E-state index is -0.625. The molecule has 0 bridgehead atoms. The predicted molar refractivity (Wildman–Crippen MR) is 90.7 cm³/mol. The molecule has 1 fully saturated rings. The van der Waals surface area contributed by atoms with E-state index in [-0.39, 0.29) is 29.0 Å². The van der Waals surface area contributed by atoms with Crippen molar-refractivity contribution in [3.8, 4) is 11.5 Å². The molecule has 0 unspecified atom stereocenters. The molecule has 1 aliphatic rings. The molecular weight excluding hydrogens is 334 g/mol. The van der Waals surface area contributed by atoms with Crippen molar-refractivity contribution >= 4 is 23.4 Å². The minimum absolute atomic E-state index is 0.114. The Bertz CT molecular complexity index is 624. The number of methoxy groups -OCH3 is 1. The number of likely N-dealkylation sites (tertiary alicyclic amines) is 1. The molecule has 3 N–H and O–H groups in total. The largest absolute Gasteiger partial charge is 0.493 e. The standard InChI is InChI=1S/C16H22ClN3O4/c1-19-11-4-3-5-20(8-11)16(22)10-6-12(17)15(13(7-10)23-2)24-9-14(18)21/h6-7,11,19H,3-5,8-9H2,1-2H3,(H2,18,21)/t11-/m1/s1. The number of piperidine rings is 1. The van der Waals surface area contributed by atoms with Gasteiger partial charge in [0.1, 0.15) is 0 Å². The first-order chi connectivity index (χ1) is 11.5. The molecule has 7 nitrogen and oxygen atoms in total. The smallest absolute Gasteiger partial charge is 0.255 e. The minimum Gasteiger partial charge on any atom is -0.493 e. The van der Waals surface area contributed by atoms with Crippen LogP contribution in [0.1, 0.15) is 23.2 Å². The second-order valence-corrected chi connectivity index (χ2v) is 6.03. The zero-order valence-electron chi connectivity index (χ0n) is 13.8. The summed E-state index contributed by atoms with van der Waals surface area (Å²) >= 11 is 6.20. The normalized spacial score (nSPS) is 17.5. The third-order valence-electron chi connectivity index (χ3n) is 3.95. The summed E-state index contributed by atoms with van der Waals surface area (Å²) in [7, 11) is 3.33. The van der Waals surface area contributed by atoms with Gasteiger partial charge in [-0.1, -0.05) is 11.6 Å². The molecule has 0 aliphatic carbocycles. The number of ether oxygens (including phenoxy) is 2. The lowest BCUT2D eigenvalue weighted by atomic mass is 10.0. The van der Waals surface area contributed by atoms with Crippen LogP contribution in [-0.2, 0) is 4.79 Å². The van der Waals surface area contributed by atoms with Crippen LogP contribution in [0.5, 0.6) is 11.5 Å². The number of hydrogen-bond donors (Lipinski definition) is 2. The number of nitrogens with two attached hydrogens (primary N) is 1. The van der Waals surface area contributed by atoms with Gasteiger partial charge in [0, 0.05) is 24.7 Å². The van der Waals surface area contributed by atoms with Gasteiger partial charge in [-0.2, -0.15) is 0 Å². The first kappa shape index (κ1) is 18.4. The highest BCUT2D eigenvalue weighted by molar-refractivity contribution is 6.32. The van der Waals surface area contributed by atoms with E-state index in [0.717, 1.165) is 12.8 Å². The quantitative estimate of drug-likeness (QED) is 0.795. The number of amides is 2. The van der Waals surface area contributed by atoms with E-state index in [1.165, 1.54) is 13.2 Å². The third kappa shape index (κ3) is 4.30. The highest BCUT2D eigenvalue weighted by Crippen LogP contribution is 2.36. The SMILES string of the molecule is CN[C@@H]1CCCN(C(=O)c2cc(Cl)c(OCC(N)=O)c(OC)c2)C1. The molecule has 1 aromatic rings. The zero-order chi connectivity index (χ0) is 17.7. The number of rotatable bonds is 6. The van der Waals surface area contributed by atoms with Crippen molar-refractivity contribution in [2.45, 2.75) is 18.9 Å². The summed E-state index contributed by atoms with van der Waals surface area (Å²) in [6.07, 6.45) is 1.99. The van der Waals surface area contributed by atoms with Crippen molar-refractivity contribution < 1.29 is 19.1 Å². The number of benzene rings is 1. The average molecular weight is 356 g/mol. The van der Waals surface area contributed by atoms with Gasteiger partial charge in [0.25, 0.3) is 11.8 Å². The van der Waals surface area contributed by atoms with E-state index in [2.05, 4.69) is 5.32 Å². The second-order valence-electron chi connectivity index (χ2n) is 5.62. The summed E-state index contributed by atoms with van der Waals surface area (Å²) in [5, 5.41) is 3.40. The van der Waals surface area contributed by atoms with Crippen LogP contribution in [0.4, 0.5) is 0 Å². The van der Waals surface area contributed by atoms with E-state index in [9.17, 15) is 9.59 Å². The van der Waals surface area contributed by atoms with Crippen molar-refractivity contribution in [2.24, 2.45) is 5.73 Å². The number of likely N-dealkylation sites (N-methyl/N-ethyl adjacent to an activating group) is 1. The van der Waals surface area contributed by atoms with Crippen molar-refractivity contribution in [3.05, 3.63) is 22.7 Å². The van der Waals surface area contributed by atoms with Gasteiger partial charge in [-0.05, 0) is 32.0 Å². The third-order valence-corrected chi connectivity index (χ3v) is 4.23. The number of nitrogens with zero attached hydrogens (tertiary/aromatic N) is 1. The van der Waals surface area contributed by atoms with Crippen LogP contribution in [0.25, 0.3) is 0 Å². The number of primary amides is 1. The van der Waals surface area contributed by atoms with Crippen LogP contribution >= 0.6 is 11.6 Å². The van der Waals surface area contributed by atoms with Crippen LogP contribution in [0.15, 0.2) is 12.1 Å². The molecule has 1 aromatic carbocycles. The van der Waals surface area contributed by atoms with Gasteiger partial charge < -0.3 is 25.4 Å². The Labute approximate surface area is 146 Å². The molecule has 132 valence electrons. The Hall–Kier alpha value is -1.99. The predicted octanol–water partition coefficient (Wildman–Crippen LogP) is 1.04. The fourth-order valence-electron chi connectivity index (χ4n) is 2.71. The van der Waals surface area contributed by atoms with Gasteiger partial charge in [0.05, 0.1) is 12.1 Å². The first-order valence-electron chi connectivity index (χ1n) is 7.71. The van der Waals surface area contributed by atoms with E-state index < -0.39 is 5.91 Å². The summed E-state index contributed by atoms with van der Waals surface area (Å²) in [4.78, 5) is 25.4. The molecule has 1 heterocycles. The van der Waals surface area contributed by atoms with Crippen molar-refractivity contribution in [2.75, 3.05) is 33.9 Å². The van der Waals surface area contributed by atoms with Gasteiger partial charge in [0.15, 0.2) is 18.1 Å². The summed E-state index contributed by atoms with van der Waals surface area (Å²) in [5.74, 6) is -0.258. The molecule has 2 amide bonds. The number of carbonyl (C=O) groups is 2. The lowest BCUT2D eigenvalue weighted by Crippen LogP contribution is -2.46. The summed E-state index contributed by atoms with van der Waals surface area (Å²) in [6, 6.07) is 3.37. The Kier molecular flexibility index (Phi) is 6.28. The lowest BCUT2D eigenvalue weighted by Gasteiger charge is -2.32. The highest BCUT2D eigenvalue weighted by atomic mass is 35.5. The Morgan fingerprint density at radius 1 is 1.46 bits per heavy atom. The van der Waals surface area contributed by atoms with Gasteiger partial charge in [0.2, 0.25) is 0 Å². The van der Waals surface area contributed by atoms with E-state index in [0.29, 0.717) is 24.7 Å². The monoisotopic (exact) mass is 355 g/mol. The molecule has 0 radical (unpaired) electrons. The second kappa shape index (κ2) is 8.21. The number of halogens is 1. The maximum absolute atomic E-state index is 12.7. The molecule has 8 heteroatoms. The van der Waals surface area contributed by atoms with Crippen molar-refractivity contribution in [1.29, 1.82) is 0 Å². The summed E-state index contributed by atoms with van der Waals surface area (Å²) in [6.45, 7) is 1.03. The van der Waals surface area contributed by atoms with E-state index >= 15 is 0 Å². The lowest BCUT2D eigenvalue weighted by molar-refractivity contribution is -0.119. The fourth-order valence-corrected chi connectivity index (χ4v) is 2.97. The molecule has 24 heavy (non-hydrogen) atoms. The van der Waals surface area contributed by atoms with Gasteiger partial charge in [-0.3, -0.25) is 9.59 Å². The van der Waals surface area contributed by atoms with Crippen LogP contribution < -0.4 is 20.5 Å². The Morgan fingerprint density at radius 2 is 2.21 bits per heavy atom. The number of carbonyl (C=O) groups excluding carboxylic acids is 2. The maximum Gasteiger partial charge on any atom is 0.255 e. The zero-order valence-corrected chi connectivity index (χ0v) is 14.6. The summed E-state index contributed by atoms with van der Waals surface area (Å²) < 4.78 is 10.5. The Balaban J connectivity index is 2.22. The molecular formula is C16H22ClN3O4. The van der Waals surface area contributed by atoms with E-state index in [1.807, 2.05) is 7.05 Å². The number of hydrogen-bond acceptors (Lipinski definition) is 5. The average Bonchev–Trinajstić information content (AvgIpc) is 2.59. The van der Waals surface area contributed by atoms with Crippen LogP contribution in [-0.4, -0.2) is 56.6 Å². The first-order valence-corrected chi connectivity index (χ1v) is 8.09. The maximum atomic E-state index is 12.7. The van der Waals surface area contributed by atoms with E-state index in [4.69, 9.17) is 26.8 Å². The molecule has 1 atom stereocenters. The van der Waals surface area contributed by atoms with Crippen molar-refractivity contribution in [1.82, 2.24) is 10.2 Å². The van der Waals surface area contributed by atoms with Gasteiger partial charge in [-0.25, -0.2) is 0 Å².